The number of hydrogen-bond donors (Lipinski definition) is 2. The maximum absolute atomic E-state index is 11.9. The Morgan fingerprint density at radius 2 is 2.13 bits per heavy atom. The third-order valence-corrected chi connectivity index (χ3v) is 3.87. The van der Waals surface area contributed by atoms with Crippen molar-refractivity contribution < 1.29 is 9.53 Å². The molecule has 0 spiro atoms. The molecule has 0 bridgehead atoms. The van der Waals surface area contributed by atoms with Crippen molar-refractivity contribution in [3.8, 4) is 5.75 Å². The highest BCUT2D eigenvalue weighted by Gasteiger charge is 2.23. The van der Waals surface area contributed by atoms with E-state index in [1.807, 2.05) is 25.1 Å². The molecule has 0 radical (unpaired) electrons. The number of aryl methyl sites for hydroxylation is 1. The Kier molecular flexibility index (Phi) is 4.46. The number of ether oxygens (including phenoxy) is 1. The monoisotopic (exact) mass is 311 g/mol. The molecule has 0 aliphatic heterocycles. The Morgan fingerprint density at radius 3 is 2.74 bits per heavy atom. The van der Waals surface area contributed by atoms with Gasteiger partial charge in [0.25, 0.3) is 5.91 Å². The molecule has 1 amide bonds. The highest BCUT2D eigenvalue weighted by Crippen LogP contribution is 2.20. The van der Waals surface area contributed by atoms with E-state index in [9.17, 15) is 4.79 Å². The first-order chi connectivity index (χ1) is 11.2. The van der Waals surface area contributed by atoms with Gasteiger partial charge >= 0.3 is 0 Å². The van der Waals surface area contributed by atoms with E-state index in [2.05, 4.69) is 21.7 Å². The van der Waals surface area contributed by atoms with Gasteiger partial charge in [-0.15, -0.1) is 0 Å². The van der Waals surface area contributed by atoms with Gasteiger partial charge in [0.1, 0.15) is 11.6 Å². The first-order valence-corrected chi connectivity index (χ1v) is 7.80. The van der Waals surface area contributed by atoms with Crippen LogP contribution in [0.2, 0.25) is 0 Å². The summed E-state index contributed by atoms with van der Waals surface area (Å²) < 4.78 is 5.26. The molecule has 0 atom stereocenters. The van der Waals surface area contributed by atoms with Crippen LogP contribution in [0.15, 0.2) is 36.5 Å². The number of pyridine rings is 1. The highest BCUT2D eigenvalue weighted by atomic mass is 16.5. The van der Waals surface area contributed by atoms with Crippen LogP contribution in [0.4, 0.5) is 5.82 Å². The van der Waals surface area contributed by atoms with Crippen LogP contribution in [-0.4, -0.2) is 24.0 Å². The van der Waals surface area contributed by atoms with Gasteiger partial charge in [0.15, 0.2) is 0 Å². The molecule has 1 heterocycles. The number of nitrogens with one attached hydrogen (secondary N) is 2. The fraction of sp³-hybridized carbons (Fsp3) is 0.333. The molecule has 2 aromatic rings. The lowest BCUT2D eigenvalue weighted by Gasteiger charge is -2.09. The number of carbonyl (C=O) groups excluding carboxylic acids is 1. The van der Waals surface area contributed by atoms with Gasteiger partial charge in [-0.1, -0.05) is 12.1 Å². The smallest absolute Gasteiger partial charge is 0.253 e. The zero-order valence-electron chi connectivity index (χ0n) is 13.4. The van der Waals surface area contributed by atoms with Gasteiger partial charge in [-0.2, -0.15) is 0 Å². The minimum atomic E-state index is -0.0441. The standard InChI is InChI=1S/C18H21N3O2/c1-12-9-13(3-7-16(12)23-2)10-19-17-8-4-14(11-20-17)18(22)21-15-5-6-15/h3-4,7-9,11,15H,5-6,10H2,1-2H3,(H,19,20)(H,21,22). The predicted molar refractivity (Wildman–Crippen MR) is 89.8 cm³/mol. The second-order valence-electron chi connectivity index (χ2n) is 5.84. The average Bonchev–Trinajstić information content (AvgIpc) is 3.37. The summed E-state index contributed by atoms with van der Waals surface area (Å²) in [7, 11) is 1.67. The van der Waals surface area contributed by atoms with Crippen molar-refractivity contribution in [2.24, 2.45) is 0 Å². The minimum absolute atomic E-state index is 0.0441. The second kappa shape index (κ2) is 6.69. The molecule has 23 heavy (non-hydrogen) atoms. The number of carbonyl (C=O) groups is 1. The molecule has 0 saturated heterocycles. The van der Waals surface area contributed by atoms with Crippen LogP contribution in [0.5, 0.6) is 5.75 Å². The summed E-state index contributed by atoms with van der Waals surface area (Å²) in [5, 5.41) is 6.21. The third kappa shape index (κ3) is 4.00. The fourth-order valence-electron chi connectivity index (χ4n) is 2.37. The van der Waals surface area contributed by atoms with Crippen LogP contribution in [0.3, 0.4) is 0 Å². The van der Waals surface area contributed by atoms with E-state index < -0.39 is 0 Å². The number of methoxy groups -OCH3 is 1. The van der Waals surface area contributed by atoms with E-state index in [-0.39, 0.29) is 5.91 Å². The van der Waals surface area contributed by atoms with Crippen LogP contribution in [0, 0.1) is 6.92 Å². The third-order valence-electron chi connectivity index (χ3n) is 3.87. The molecule has 120 valence electrons. The Labute approximate surface area is 136 Å². The summed E-state index contributed by atoms with van der Waals surface area (Å²) in [6.45, 7) is 2.69. The van der Waals surface area contributed by atoms with Crippen LogP contribution in [0.25, 0.3) is 0 Å². The van der Waals surface area contributed by atoms with Crippen molar-refractivity contribution in [2.75, 3.05) is 12.4 Å². The van der Waals surface area contributed by atoms with Crippen LogP contribution >= 0.6 is 0 Å². The fourth-order valence-corrected chi connectivity index (χ4v) is 2.37. The molecule has 1 aliphatic carbocycles. The number of rotatable bonds is 6. The molecule has 2 N–H and O–H groups in total. The second-order valence-corrected chi connectivity index (χ2v) is 5.84. The molecule has 3 rings (SSSR count). The summed E-state index contributed by atoms with van der Waals surface area (Å²) in [5.74, 6) is 1.59. The van der Waals surface area contributed by atoms with E-state index >= 15 is 0 Å². The summed E-state index contributed by atoms with van der Waals surface area (Å²) in [6, 6.07) is 10.1. The van der Waals surface area contributed by atoms with E-state index in [1.54, 1.807) is 19.4 Å². The Balaban J connectivity index is 1.57. The first-order valence-electron chi connectivity index (χ1n) is 7.80. The zero-order chi connectivity index (χ0) is 16.2. The van der Waals surface area contributed by atoms with Gasteiger partial charge in [-0.25, -0.2) is 4.98 Å². The first kappa shape index (κ1) is 15.3. The maximum atomic E-state index is 11.9. The van der Waals surface area contributed by atoms with Crippen molar-refractivity contribution in [3.05, 3.63) is 53.2 Å². The largest absolute Gasteiger partial charge is 0.496 e. The summed E-state index contributed by atoms with van der Waals surface area (Å²) >= 11 is 0. The quantitative estimate of drug-likeness (QED) is 0.861. The van der Waals surface area contributed by atoms with Crippen LogP contribution in [0.1, 0.15) is 34.3 Å². The molecular formula is C18H21N3O2. The molecule has 5 nitrogen and oxygen atoms in total. The maximum Gasteiger partial charge on any atom is 0.253 e. The van der Waals surface area contributed by atoms with Crippen molar-refractivity contribution in [1.29, 1.82) is 0 Å². The molecule has 1 fully saturated rings. The Bertz CT molecular complexity index is 694. The van der Waals surface area contributed by atoms with Gasteiger partial charge in [-0.3, -0.25) is 4.79 Å². The number of aromatic nitrogens is 1. The molecular weight excluding hydrogens is 290 g/mol. The van der Waals surface area contributed by atoms with Crippen LogP contribution < -0.4 is 15.4 Å². The minimum Gasteiger partial charge on any atom is -0.496 e. The zero-order valence-corrected chi connectivity index (χ0v) is 13.4. The topological polar surface area (TPSA) is 63.2 Å². The Hall–Kier alpha value is -2.56. The Morgan fingerprint density at radius 1 is 1.30 bits per heavy atom. The summed E-state index contributed by atoms with van der Waals surface area (Å²) in [5.41, 5.74) is 2.86. The number of anilines is 1. The highest BCUT2D eigenvalue weighted by molar-refractivity contribution is 5.94. The van der Waals surface area contributed by atoms with E-state index in [0.29, 0.717) is 18.2 Å². The summed E-state index contributed by atoms with van der Waals surface area (Å²) in [4.78, 5) is 16.2. The van der Waals surface area contributed by atoms with Gasteiger partial charge in [0.05, 0.1) is 12.7 Å². The van der Waals surface area contributed by atoms with Crippen molar-refractivity contribution in [1.82, 2.24) is 10.3 Å². The molecule has 1 aromatic carbocycles. The normalized spacial score (nSPS) is 13.5. The molecule has 1 aromatic heterocycles. The van der Waals surface area contributed by atoms with Crippen molar-refractivity contribution in [2.45, 2.75) is 32.4 Å². The van der Waals surface area contributed by atoms with E-state index in [4.69, 9.17) is 4.74 Å². The summed E-state index contributed by atoms with van der Waals surface area (Å²) in [6.07, 6.45) is 3.78. The molecule has 5 heteroatoms. The van der Waals surface area contributed by atoms with E-state index in [0.717, 1.165) is 35.5 Å². The van der Waals surface area contributed by atoms with Gasteiger partial charge in [0, 0.05) is 18.8 Å². The lowest BCUT2D eigenvalue weighted by molar-refractivity contribution is 0.0951. The molecule has 0 unspecified atom stereocenters. The number of amides is 1. The average molecular weight is 311 g/mol. The lowest BCUT2D eigenvalue weighted by atomic mass is 10.1. The van der Waals surface area contributed by atoms with Gasteiger partial charge in [0.2, 0.25) is 0 Å². The lowest BCUT2D eigenvalue weighted by Crippen LogP contribution is -2.25. The van der Waals surface area contributed by atoms with Gasteiger partial charge < -0.3 is 15.4 Å². The SMILES string of the molecule is COc1ccc(CNc2ccc(C(=O)NC3CC3)cn2)cc1C. The number of benzene rings is 1. The van der Waals surface area contributed by atoms with Gasteiger partial charge in [-0.05, 0) is 49.1 Å². The number of hydrogen-bond acceptors (Lipinski definition) is 4. The molecule has 1 aliphatic rings. The van der Waals surface area contributed by atoms with E-state index in [1.165, 1.54) is 0 Å². The van der Waals surface area contributed by atoms with Crippen molar-refractivity contribution in [3.63, 3.8) is 0 Å². The van der Waals surface area contributed by atoms with Crippen molar-refractivity contribution >= 4 is 11.7 Å². The number of nitrogens with zero attached hydrogens (tertiary/aromatic N) is 1. The predicted octanol–water partition coefficient (Wildman–Crippen LogP) is 2.90. The van der Waals surface area contributed by atoms with Crippen LogP contribution in [-0.2, 0) is 6.54 Å². The molecule has 1 saturated carbocycles.